The molecule has 1 heterocycles. The molecule has 0 bridgehead atoms. The van der Waals surface area contributed by atoms with Crippen molar-refractivity contribution in [1.82, 2.24) is 5.06 Å². The van der Waals surface area contributed by atoms with Gasteiger partial charge in [-0.25, -0.2) is 0 Å². The Morgan fingerprint density at radius 1 is 1.15 bits per heavy atom. The summed E-state index contributed by atoms with van der Waals surface area (Å²) in [6, 6.07) is 0. The van der Waals surface area contributed by atoms with E-state index in [0.29, 0.717) is 12.8 Å². The van der Waals surface area contributed by atoms with E-state index in [-0.39, 0.29) is 11.1 Å². The van der Waals surface area contributed by atoms with Crippen molar-refractivity contribution < 1.29 is 10.4 Å². The van der Waals surface area contributed by atoms with Gasteiger partial charge in [0.1, 0.15) is 0 Å². The quantitative estimate of drug-likeness (QED) is 0.448. The zero-order valence-corrected chi connectivity index (χ0v) is 8.70. The van der Waals surface area contributed by atoms with Gasteiger partial charge in [-0.2, -0.15) is 5.06 Å². The Bertz CT molecular complexity index is 214. The maximum Gasteiger partial charge on any atom is 0.0609 e. The van der Waals surface area contributed by atoms with E-state index in [4.69, 9.17) is 5.21 Å². The van der Waals surface area contributed by atoms with Gasteiger partial charge >= 0.3 is 0 Å². The van der Waals surface area contributed by atoms with E-state index >= 15 is 0 Å². The Morgan fingerprint density at radius 3 is 1.85 bits per heavy atom. The van der Waals surface area contributed by atoms with E-state index in [1.807, 2.05) is 27.7 Å². The van der Waals surface area contributed by atoms with Crippen LogP contribution < -0.4 is 0 Å². The molecule has 13 heavy (non-hydrogen) atoms. The Morgan fingerprint density at radius 2 is 1.54 bits per heavy atom. The van der Waals surface area contributed by atoms with Crippen molar-refractivity contribution in [3.63, 3.8) is 0 Å². The minimum atomic E-state index is -0.358. The molecule has 2 N–H and O–H groups in total. The van der Waals surface area contributed by atoms with Gasteiger partial charge in [-0.3, -0.25) is 0 Å². The first-order valence-corrected chi connectivity index (χ1v) is 4.49. The van der Waals surface area contributed by atoms with Crippen LogP contribution in [0.5, 0.6) is 0 Å². The fourth-order valence-corrected chi connectivity index (χ4v) is 2.10. The van der Waals surface area contributed by atoms with E-state index in [1.54, 1.807) is 0 Å². The van der Waals surface area contributed by atoms with Crippen LogP contribution in [0.2, 0.25) is 0 Å². The van der Waals surface area contributed by atoms with Crippen molar-refractivity contribution in [2.45, 2.75) is 51.6 Å². The fourth-order valence-electron chi connectivity index (χ4n) is 2.10. The lowest BCUT2D eigenvalue weighted by Gasteiger charge is -2.48. The molecule has 0 atom stereocenters. The van der Waals surface area contributed by atoms with Crippen molar-refractivity contribution in [2.24, 2.45) is 5.16 Å². The average Bonchev–Trinajstić information content (AvgIpc) is 1.99. The minimum Gasteiger partial charge on any atom is -0.411 e. The first kappa shape index (κ1) is 10.5. The van der Waals surface area contributed by atoms with Crippen molar-refractivity contribution >= 4 is 5.71 Å². The first-order valence-electron chi connectivity index (χ1n) is 4.49. The molecule has 76 valence electrons. The van der Waals surface area contributed by atoms with Crippen LogP contribution in [0.1, 0.15) is 40.5 Å². The average molecular weight is 186 g/mol. The molecule has 1 saturated heterocycles. The number of hydrogen-bond donors (Lipinski definition) is 2. The Kier molecular flexibility index (Phi) is 2.38. The van der Waals surface area contributed by atoms with Gasteiger partial charge < -0.3 is 10.4 Å². The molecule has 0 amide bonds. The van der Waals surface area contributed by atoms with Gasteiger partial charge in [0.15, 0.2) is 0 Å². The highest BCUT2D eigenvalue weighted by molar-refractivity contribution is 5.86. The van der Waals surface area contributed by atoms with Crippen LogP contribution >= 0.6 is 0 Å². The second-order valence-electron chi connectivity index (χ2n) is 4.96. The number of rotatable bonds is 0. The molecule has 0 aromatic carbocycles. The molecule has 0 spiro atoms. The topological polar surface area (TPSA) is 56.1 Å². The van der Waals surface area contributed by atoms with Gasteiger partial charge in [0.05, 0.1) is 5.71 Å². The largest absolute Gasteiger partial charge is 0.411 e. The van der Waals surface area contributed by atoms with Crippen LogP contribution in [0.3, 0.4) is 0 Å². The van der Waals surface area contributed by atoms with Crippen LogP contribution in [0.25, 0.3) is 0 Å². The highest BCUT2D eigenvalue weighted by Gasteiger charge is 2.43. The summed E-state index contributed by atoms with van der Waals surface area (Å²) in [6.07, 6.45) is 1.20. The third-order valence-corrected chi connectivity index (χ3v) is 2.56. The van der Waals surface area contributed by atoms with Crippen LogP contribution in [-0.2, 0) is 0 Å². The number of oxime groups is 1. The van der Waals surface area contributed by atoms with Gasteiger partial charge in [-0.05, 0) is 27.7 Å². The smallest absolute Gasteiger partial charge is 0.0609 e. The summed E-state index contributed by atoms with van der Waals surface area (Å²) in [5.41, 5.74) is 0.0346. The highest BCUT2D eigenvalue weighted by Crippen LogP contribution is 2.34. The van der Waals surface area contributed by atoms with Crippen molar-refractivity contribution in [3.05, 3.63) is 0 Å². The molecule has 1 rings (SSSR count). The predicted molar refractivity (Wildman–Crippen MR) is 50.2 cm³/mol. The SMILES string of the molecule is CC1(C)CC(=NO)CC(C)(C)N1O. The maximum atomic E-state index is 9.87. The predicted octanol–water partition coefficient (Wildman–Crippen LogP) is 1.86. The Balaban J connectivity index is 2.95. The Labute approximate surface area is 78.8 Å². The third kappa shape index (κ3) is 1.84. The second-order valence-corrected chi connectivity index (χ2v) is 4.96. The maximum absolute atomic E-state index is 9.87. The van der Waals surface area contributed by atoms with Crippen LogP contribution in [0.15, 0.2) is 5.16 Å². The van der Waals surface area contributed by atoms with Crippen molar-refractivity contribution in [1.29, 1.82) is 0 Å². The first-order chi connectivity index (χ1) is 5.79. The molecule has 0 unspecified atom stereocenters. The van der Waals surface area contributed by atoms with E-state index in [2.05, 4.69) is 5.16 Å². The zero-order chi connectivity index (χ0) is 10.3. The van der Waals surface area contributed by atoms with Crippen LogP contribution in [-0.4, -0.2) is 32.3 Å². The molecule has 1 aliphatic rings. The van der Waals surface area contributed by atoms with E-state index < -0.39 is 0 Å². The minimum absolute atomic E-state index is 0.358. The van der Waals surface area contributed by atoms with E-state index in [1.165, 1.54) is 5.06 Å². The summed E-state index contributed by atoms with van der Waals surface area (Å²) >= 11 is 0. The zero-order valence-electron chi connectivity index (χ0n) is 8.70. The standard InChI is InChI=1S/C9H18N2O2/c1-8(2)5-7(10-12)6-9(3,4)11(8)13/h12-13H,5-6H2,1-4H3. The van der Waals surface area contributed by atoms with Crippen LogP contribution in [0.4, 0.5) is 0 Å². The molecule has 1 fully saturated rings. The molecule has 4 heteroatoms. The molecule has 1 aliphatic heterocycles. The summed E-state index contributed by atoms with van der Waals surface area (Å²) in [7, 11) is 0. The van der Waals surface area contributed by atoms with Gasteiger partial charge in [-0.1, -0.05) is 5.16 Å². The fraction of sp³-hybridized carbons (Fsp3) is 0.889. The molecule has 0 saturated carbocycles. The van der Waals surface area contributed by atoms with Crippen molar-refractivity contribution in [2.75, 3.05) is 0 Å². The summed E-state index contributed by atoms with van der Waals surface area (Å²) in [4.78, 5) is 0. The van der Waals surface area contributed by atoms with Gasteiger partial charge in [-0.15, -0.1) is 0 Å². The van der Waals surface area contributed by atoms with Gasteiger partial charge in [0.25, 0.3) is 0 Å². The molecule has 0 aromatic heterocycles. The molecular weight excluding hydrogens is 168 g/mol. The van der Waals surface area contributed by atoms with Gasteiger partial charge in [0.2, 0.25) is 0 Å². The lowest BCUT2D eigenvalue weighted by atomic mass is 9.81. The summed E-state index contributed by atoms with van der Waals surface area (Å²) < 4.78 is 0. The van der Waals surface area contributed by atoms with E-state index in [0.717, 1.165) is 5.71 Å². The highest BCUT2D eigenvalue weighted by atomic mass is 16.5. The van der Waals surface area contributed by atoms with Crippen LogP contribution in [0, 0.1) is 0 Å². The summed E-state index contributed by atoms with van der Waals surface area (Å²) in [5.74, 6) is 0. The van der Waals surface area contributed by atoms with E-state index in [9.17, 15) is 5.21 Å². The molecule has 4 nitrogen and oxygen atoms in total. The molecular formula is C9H18N2O2. The lowest BCUT2D eigenvalue weighted by molar-refractivity contribution is -0.226. The summed E-state index contributed by atoms with van der Waals surface area (Å²) in [5, 5.41) is 23.2. The normalized spacial score (nSPS) is 27.3. The lowest BCUT2D eigenvalue weighted by Crippen LogP contribution is -2.59. The van der Waals surface area contributed by atoms with Crippen molar-refractivity contribution in [3.8, 4) is 0 Å². The Hall–Kier alpha value is -0.610. The second kappa shape index (κ2) is 2.96. The molecule has 0 radical (unpaired) electrons. The molecule has 0 aliphatic carbocycles. The molecule has 0 aromatic rings. The number of nitrogens with zero attached hydrogens (tertiary/aromatic N) is 2. The monoisotopic (exact) mass is 186 g/mol. The number of hydrogen-bond acceptors (Lipinski definition) is 4. The number of hydroxylamine groups is 2. The third-order valence-electron chi connectivity index (χ3n) is 2.56. The van der Waals surface area contributed by atoms with Gasteiger partial charge in [0, 0.05) is 23.9 Å². The summed E-state index contributed by atoms with van der Waals surface area (Å²) in [6.45, 7) is 7.72. The number of piperidine rings is 1.